The van der Waals surface area contributed by atoms with Gasteiger partial charge in [-0.1, -0.05) is 17.7 Å². The number of carbonyl (C=O) groups excluding carboxylic acids is 1. The van der Waals surface area contributed by atoms with Crippen LogP contribution in [0.5, 0.6) is 0 Å². The third-order valence-electron chi connectivity index (χ3n) is 3.03. The second kappa shape index (κ2) is 4.66. The van der Waals surface area contributed by atoms with Gasteiger partial charge in [0.2, 0.25) is 0 Å². The Labute approximate surface area is 96.5 Å². The summed E-state index contributed by atoms with van der Waals surface area (Å²) in [7, 11) is 1.87. The summed E-state index contributed by atoms with van der Waals surface area (Å²) in [6, 6.07) is 8.23. The van der Waals surface area contributed by atoms with Crippen molar-refractivity contribution in [1.82, 2.24) is 10.2 Å². The molecule has 1 fully saturated rings. The van der Waals surface area contributed by atoms with Crippen molar-refractivity contribution in [3.05, 3.63) is 35.4 Å². The fraction of sp³-hybridized carbons (Fsp3) is 0.462. The molecule has 1 saturated heterocycles. The normalized spacial score (nSPS) is 19.0. The number of amides is 1. The van der Waals surface area contributed by atoms with Gasteiger partial charge >= 0.3 is 0 Å². The molecule has 16 heavy (non-hydrogen) atoms. The molecule has 0 aromatic heterocycles. The Hall–Kier alpha value is -1.35. The number of aryl methyl sites for hydroxylation is 1. The number of rotatable bonds is 3. The lowest BCUT2D eigenvalue weighted by Crippen LogP contribution is -2.50. The maximum absolute atomic E-state index is 12.1. The largest absolute Gasteiger partial charge is 0.340 e. The van der Waals surface area contributed by atoms with E-state index < -0.39 is 0 Å². The molecular formula is C13H18N2O. The van der Waals surface area contributed by atoms with E-state index in [9.17, 15) is 4.79 Å². The summed E-state index contributed by atoms with van der Waals surface area (Å²) in [6.45, 7) is 3.88. The fourth-order valence-corrected chi connectivity index (χ4v) is 1.92. The van der Waals surface area contributed by atoms with Crippen LogP contribution in [-0.2, 0) is 0 Å². The third kappa shape index (κ3) is 2.42. The van der Waals surface area contributed by atoms with Gasteiger partial charge in [0.05, 0.1) is 0 Å². The zero-order valence-corrected chi connectivity index (χ0v) is 9.86. The molecule has 1 unspecified atom stereocenters. The van der Waals surface area contributed by atoms with E-state index in [0.29, 0.717) is 6.04 Å². The molecule has 2 rings (SSSR count). The average molecular weight is 218 g/mol. The molecule has 1 aliphatic heterocycles. The summed E-state index contributed by atoms with van der Waals surface area (Å²) < 4.78 is 0. The molecule has 3 nitrogen and oxygen atoms in total. The first-order valence-electron chi connectivity index (χ1n) is 5.72. The molecule has 1 N–H and O–H groups in total. The number of hydrogen-bond donors (Lipinski definition) is 1. The highest BCUT2D eigenvalue weighted by atomic mass is 16.2. The molecule has 1 aliphatic rings. The van der Waals surface area contributed by atoms with Crippen LogP contribution in [0.1, 0.15) is 22.3 Å². The van der Waals surface area contributed by atoms with Crippen molar-refractivity contribution in [1.29, 1.82) is 0 Å². The lowest BCUT2D eigenvalue weighted by molar-refractivity contribution is 0.0766. The average Bonchev–Trinajstić information content (AvgIpc) is 2.22. The Morgan fingerprint density at radius 3 is 2.88 bits per heavy atom. The Bertz CT molecular complexity index is 385. The van der Waals surface area contributed by atoms with Gasteiger partial charge in [0.25, 0.3) is 5.91 Å². The van der Waals surface area contributed by atoms with E-state index in [-0.39, 0.29) is 5.91 Å². The zero-order valence-electron chi connectivity index (χ0n) is 9.86. The third-order valence-corrected chi connectivity index (χ3v) is 3.03. The van der Waals surface area contributed by atoms with Crippen molar-refractivity contribution in [3.63, 3.8) is 0 Å². The van der Waals surface area contributed by atoms with Crippen molar-refractivity contribution in [3.8, 4) is 0 Å². The molecule has 0 spiro atoms. The van der Waals surface area contributed by atoms with Gasteiger partial charge < -0.3 is 10.2 Å². The molecule has 1 heterocycles. The monoisotopic (exact) mass is 218 g/mol. The van der Waals surface area contributed by atoms with Gasteiger partial charge in [-0.15, -0.1) is 0 Å². The zero-order chi connectivity index (χ0) is 11.5. The molecule has 1 aromatic carbocycles. The Kier molecular flexibility index (Phi) is 3.25. The molecule has 86 valence electrons. The molecule has 0 aliphatic carbocycles. The summed E-state index contributed by atoms with van der Waals surface area (Å²) in [4.78, 5) is 13.9. The smallest absolute Gasteiger partial charge is 0.253 e. The number of hydrogen-bond acceptors (Lipinski definition) is 2. The first-order valence-corrected chi connectivity index (χ1v) is 5.72. The van der Waals surface area contributed by atoms with Crippen LogP contribution < -0.4 is 5.32 Å². The van der Waals surface area contributed by atoms with Crippen LogP contribution in [0.2, 0.25) is 0 Å². The highest BCUT2D eigenvalue weighted by Gasteiger charge is 2.21. The summed E-state index contributed by atoms with van der Waals surface area (Å²) in [5.41, 5.74) is 1.91. The highest BCUT2D eigenvalue weighted by Crippen LogP contribution is 2.09. The van der Waals surface area contributed by atoms with E-state index in [2.05, 4.69) is 5.32 Å². The Morgan fingerprint density at radius 2 is 2.31 bits per heavy atom. The maximum Gasteiger partial charge on any atom is 0.253 e. The second-order valence-corrected chi connectivity index (χ2v) is 4.49. The van der Waals surface area contributed by atoms with Crippen LogP contribution in [0, 0.1) is 6.92 Å². The van der Waals surface area contributed by atoms with Crippen LogP contribution in [0.15, 0.2) is 24.3 Å². The molecule has 3 heteroatoms. The Balaban J connectivity index is 2.00. The molecule has 1 atom stereocenters. The lowest BCUT2D eigenvalue weighted by Gasteiger charge is -2.31. The molecule has 0 bridgehead atoms. The van der Waals surface area contributed by atoms with Crippen molar-refractivity contribution >= 4 is 5.91 Å². The first kappa shape index (κ1) is 11.1. The second-order valence-electron chi connectivity index (χ2n) is 4.49. The topological polar surface area (TPSA) is 32.3 Å². The van der Waals surface area contributed by atoms with E-state index >= 15 is 0 Å². The highest BCUT2D eigenvalue weighted by molar-refractivity contribution is 5.94. The lowest BCUT2D eigenvalue weighted by atomic mass is 10.1. The molecule has 1 aromatic rings. The van der Waals surface area contributed by atoms with Gasteiger partial charge in [-0.25, -0.2) is 0 Å². The van der Waals surface area contributed by atoms with E-state index in [1.807, 2.05) is 38.2 Å². The number of nitrogens with zero attached hydrogens (tertiary/aromatic N) is 1. The van der Waals surface area contributed by atoms with E-state index in [4.69, 9.17) is 0 Å². The van der Waals surface area contributed by atoms with Gasteiger partial charge in [-0.2, -0.15) is 0 Å². The Morgan fingerprint density at radius 1 is 1.56 bits per heavy atom. The molecule has 0 saturated carbocycles. The molecular weight excluding hydrogens is 200 g/mol. The van der Waals surface area contributed by atoms with E-state index in [0.717, 1.165) is 24.2 Å². The van der Waals surface area contributed by atoms with Crippen molar-refractivity contribution < 1.29 is 4.79 Å². The van der Waals surface area contributed by atoms with Crippen LogP contribution in [0.3, 0.4) is 0 Å². The van der Waals surface area contributed by atoms with Gasteiger partial charge in [-0.05, 0) is 32.0 Å². The predicted octanol–water partition coefficient (Wildman–Crippen LogP) is 1.43. The predicted molar refractivity (Wildman–Crippen MR) is 64.5 cm³/mol. The molecule has 0 radical (unpaired) electrons. The van der Waals surface area contributed by atoms with Crippen LogP contribution in [0.25, 0.3) is 0 Å². The summed E-state index contributed by atoms with van der Waals surface area (Å²) in [5.74, 6) is 0.109. The van der Waals surface area contributed by atoms with E-state index in [1.165, 1.54) is 6.42 Å². The van der Waals surface area contributed by atoms with Gasteiger partial charge in [-0.3, -0.25) is 4.79 Å². The van der Waals surface area contributed by atoms with Gasteiger partial charge in [0.15, 0.2) is 0 Å². The SMILES string of the molecule is Cc1cccc(C(=O)N(C)CC2CCN2)c1. The van der Waals surface area contributed by atoms with Crippen molar-refractivity contribution in [2.75, 3.05) is 20.1 Å². The van der Waals surface area contributed by atoms with Crippen LogP contribution in [-0.4, -0.2) is 37.0 Å². The van der Waals surface area contributed by atoms with Crippen molar-refractivity contribution in [2.45, 2.75) is 19.4 Å². The summed E-state index contributed by atoms with van der Waals surface area (Å²) in [6.07, 6.45) is 1.17. The fourth-order valence-electron chi connectivity index (χ4n) is 1.92. The minimum Gasteiger partial charge on any atom is -0.340 e. The van der Waals surface area contributed by atoms with Gasteiger partial charge in [0.1, 0.15) is 0 Å². The van der Waals surface area contributed by atoms with E-state index in [1.54, 1.807) is 4.90 Å². The minimum atomic E-state index is 0.109. The number of carbonyl (C=O) groups is 1. The van der Waals surface area contributed by atoms with Crippen LogP contribution in [0.4, 0.5) is 0 Å². The number of benzene rings is 1. The van der Waals surface area contributed by atoms with Crippen molar-refractivity contribution in [2.24, 2.45) is 0 Å². The summed E-state index contributed by atoms with van der Waals surface area (Å²) in [5, 5.41) is 3.30. The van der Waals surface area contributed by atoms with Crippen LogP contribution >= 0.6 is 0 Å². The minimum absolute atomic E-state index is 0.109. The number of likely N-dealkylation sites (N-methyl/N-ethyl adjacent to an activating group) is 1. The molecule has 1 amide bonds. The quantitative estimate of drug-likeness (QED) is 0.832. The van der Waals surface area contributed by atoms with Gasteiger partial charge in [0, 0.05) is 25.2 Å². The maximum atomic E-state index is 12.1. The summed E-state index contributed by atoms with van der Waals surface area (Å²) >= 11 is 0. The number of nitrogens with one attached hydrogen (secondary N) is 1. The first-order chi connectivity index (χ1) is 7.66. The standard InChI is InChI=1S/C13H18N2O/c1-10-4-3-5-11(8-10)13(16)15(2)9-12-6-7-14-12/h3-5,8,12,14H,6-7,9H2,1-2H3.